The van der Waals surface area contributed by atoms with E-state index in [1.165, 1.54) is 23.3 Å². The lowest BCUT2D eigenvalue weighted by atomic mass is 10.4. The second kappa shape index (κ2) is 6.58. The van der Waals surface area contributed by atoms with Gasteiger partial charge >= 0.3 is 0 Å². The Balaban J connectivity index is 1.77. The monoisotopic (exact) mass is 295 g/mol. The highest BCUT2D eigenvalue weighted by molar-refractivity contribution is 7.99. The third-order valence-corrected chi connectivity index (χ3v) is 3.98. The molecule has 0 saturated heterocycles. The van der Waals surface area contributed by atoms with Crippen molar-refractivity contribution < 1.29 is 4.79 Å². The fourth-order valence-corrected chi connectivity index (χ4v) is 2.55. The van der Waals surface area contributed by atoms with Crippen molar-refractivity contribution in [3.8, 4) is 0 Å². The van der Waals surface area contributed by atoms with Gasteiger partial charge in [0.05, 0.1) is 22.9 Å². The summed E-state index contributed by atoms with van der Waals surface area (Å²) in [6, 6.07) is 1.82. The van der Waals surface area contributed by atoms with Crippen molar-refractivity contribution in [3.05, 3.63) is 28.5 Å². The number of carbonyl (C=O) groups excluding carboxylic acids is 1. The number of aryl methyl sites for hydroxylation is 2. The third kappa shape index (κ3) is 4.25. The average Bonchev–Trinajstić information content (AvgIpc) is 2.80. The highest BCUT2D eigenvalue weighted by Crippen LogP contribution is 2.12. The first kappa shape index (κ1) is 13.9. The van der Waals surface area contributed by atoms with E-state index in [1.807, 2.05) is 19.9 Å². The lowest BCUT2D eigenvalue weighted by Crippen LogP contribution is -2.24. The highest BCUT2D eigenvalue weighted by Gasteiger charge is 2.07. The molecule has 0 aliphatic heterocycles. The van der Waals surface area contributed by atoms with E-state index in [9.17, 15) is 4.79 Å². The van der Waals surface area contributed by atoms with E-state index < -0.39 is 0 Å². The number of nitrogens with zero attached hydrogens (tertiary/aromatic N) is 4. The molecule has 0 radical (unpaired) electrons. The van der Waals surface area contributed by atoms with Crippen LogP contribution in [0.1, 0.15) is 16.3 Å². The molecule has 0 fully saturated rings. The Morgan fingerprint density at radius 2 is 2.32 bits per heavy atom. The van der Waals surface area contributed by atoms with E-state index in [-0.39, 0.29) is 5.91 Å². The Labute approximate surface area is 119 Å². The summed E-state index contributed by atoms with van der Waals surface area (Å²) >= 11 is 2.62. The zero-order valence-corrected chi connectivity index (χ0v) is 12.2. The maximum atomic E-state index is 11.7. The van der Waals surface area contributed by atoms with Gasteiger partial charge < -0.3 is 5.32 Å². The Morgan fingerprint density at radius 1 is 1.47 bits per heavy atom. The van der Waals surface area contributed by atoms with Crippen LogP contribution in [0, 0.1) is 13.8 Å². The summed E-state index contributed by atoms with van der Waals surface area (Å²) < 4.78 is 3.82. The molecule has 0 aliphatic carbocycles. The van der Waals surface area contributed by atoms with Crippen LogP contribution in [-0.4, -0.2) is 31.2 Å². The maximum Gasteiger partial charge on any atom is 0.230 e. The Bertz CT molecular complexity index is 572. The molecule has 0 spiro atoms. The molecule has 100 valence electrons. The molecular formula is C11H13N5OS2. The van der Waals surface area contributed by atoms with Gasteiger partial charge in [0.25, 0.3) is 0 Å². The number of thioether (sulfide) groups is 1. The molecular weight excluding hydrogens is 282 g/mol. The van der Waals surface area contributed by atoms with E-state index in [0.29, 0.717) is 17.5 Å². The van der Waals surface area contributed by atoms with Gasteiger partial charge in [-0.25, -0.2) is 9.97 Å². The van der Waals surface area contributed by atoms with Gasteiger partial charge in [-0.15, -0.1) is 5.10 Å². The number of nitrogens with one attached hydrogen (secondary N) is 1. The van der Waals surface area contributed by atoms with Gasteiger partial charge in [0.2, 0.25) is 5.91 Å². The molecule has 2 aromatic rings. The van der Waals surface area contributed by atoms with Crippen molar-refractivity contribution in [2.24, 2.45) is 0 Å². The summed E-state index contributed by atoms with van der Waals surface area (Å²) in [7, 11) is 0. The molecule has 2 heterocycles. The lowest BCUT2D eigenvalue weighted by Gasteiger charge is -2.03. The summed E-state index contributed by atoms with van der Waals surface area (Å²) in [5, 5.41) is 7.33. The molecule has 8 heteroatoms. The quantitative estimate of drug-likeness (QED) is 0.662. The third-order valence-electron chi connectivity index (χ3n) is 2.30. The second-order valence-electron chi connectivity index (χ2n) is 3.83. The van der Waals surface area contributed by atoms with Gasteiger partial charge in [0.1, 0.15) is 0 Å². The van der Waals surface area contributed by atoms with Crippen LogP contribution in [0.25, 0.3) is 0 Å². The lowest BCUT2D eigenvalue weighted by molar-refractivity contribution is -0.118. The topological polar surface area (TPSA) is 80.7 Å². The van der Waals surface area contributed by atoms with Crippen molar-refractivity contribution in [1.82, 2.24) is 24.9 Å². The summed E-state index contributed by atoms with van der Waals surface area (Å²) in [5.74, 6) is 0.247. The fraction of sp³-hybridized carbons (Fsp3) is 0.364. The van der Waals surface area contributed by atoms with Gasteiger partial charge in [-0.1, -0.05) is 16.3 Å². The molecule has 6 nitrogen and oxygen atoms in total. The molecule has 2 aromatic heterocycles. The number of rotatable bonds is 5. The first-order valence-electron chi connectivity index (χ1n) is 5.62. The van der Waals surface area contributed by atoms with Crippen LogP contribution >= 0.6 is 23.3 Å². The molecule has 0 atom stereocenters. The van der Waals surface area contributed by atoms with Crippen molar-refractivity contribution in [2.75, 3.05) is 5.75 Å². The minimum absolute atomic E-state index is 0.0529. The summed E-state index contributed by atoms with van der Waals surface area (Å²) in [6.07, 6.45) is 1.69. The van der Waals surface area contributed by atoms with Gasteiger partial charge in [0.15, 0.2) is 5.16 Å². The largest absolute Gasteiger partial charge is 0.350 e. The molecule has 1 amide bonds. The van der Waals surface area contributed by atoms with E-state index in [4.69, 9.17) is 0 Å². The van der Waals surface area contributed by atoms with Crippen LogP contribution in [0.15, 0.2) is 17.4 Å². The van der Waals surface area contributed by atoms with Crippen molar-refractivity contribution >= 4 is 29.2 Å². The van der Waals surface area contributed by atoms with Crippen LogP contribution in [0.2, 0.25) is 0 Å². The Hall–Kier alpha value is -1.54. The molecule has 0 aromatic carbocycles. The van der Waals surface area contributed by atoms with Crippen LogP contribution < -0.4 is 5.32 Å². The van der Waals surface area contributed by atoms with Crippen molar-refractivity contribution in [2.45, 2.75) is 25.5 Å². The minimum atomic E-state index is -0.0529. The van der Waals surface area contributed by atoms with Gasteiger partial charge in [-0.3, -0.25) is 4.79 Å². The molecule has 0 unspecified atom stereocenters. The SMILES string of the molecule is Cc1ccnc(SCC(=O)NCc2snnc2C)n1. The highest BCUT2D eigenvalue weighted by atomic mass is 32.2. The Kier molecular flexibility index (Phi) is 4.80. The van der Waals surface area contributed by atoms with Gasteiger partial charge in [-0.2, -0.15) is 0 Å². The Morgan fingerprint density at radius 3 is 3.00 bits per heavy atom. The maximum absolute atomic E-state index is 11.7. The van der Waals surface area contributed by atoms with Crippen LogP contribution in [0.5, 0.6) is 0 Å². The first-order valence-corrected chi connectivity index (χ1v) is 7.38. The molecule has 0 saturated carbocycles. The van der Waals surface area contributed by atoms with Crippen molar-refractivity contribution in [1.29, 1.82) is 0 Å². The molecule has 0 bridgehead atoms. The molecule has 0 aliphatic rings. The van der Waals surface area contributed by atoms with Crippen molar-refractivity contribution in [3.63, 3.8) is 0 Å². The normalized spacial score (nSPS) is 10.4. The molecule has 2 rings (SSSR count). The predicted octanol–water partition coefficient (Wildman–Crippen LogP) is 1.35. The van der Waals surface area contributed by atoms with E-state index in [2.05, 4.69) is 24.9 Å². The number of amides is 1. The predicted molar refractivity (Wildman–Crippen MR) is 74.0 cm³/mol. The summed E-state index contributed by atoms with van der Waals surface area (Å²) in [4.78, 5) is 21.0. The minimum Gasteiger partial charge on any atom is -0.350 e. The van der Waals surface area contributed by atoms with Gasteiger partial charge in [-0.05, 0) is 31.4 Å². The standard InChI is InChI=1S/C11H13N5OS2/c1-7-3-4-12-11(14-7)18-6-10(17)13-5-9-8(2)15-16-19-9/h3-4H,5-6H2,1-2H3,(H,13,17). The second-order valence-corrected chi connectivity index (χ2v) is 5.61. The number of hydrogen-bond acceptors (Lipinski definition) is 7. The molecule has 19 heavy (non-hydrogen) atoms. The van der Waals surface area contributed by atoms with Gasteiger partial charge in [0, 0.05) is 11.9 Å². The number of aromatic nitrogens is 4. The van der Waals surface area contributed by atoms with Crippen LogP contribution in [0.4, 0.5) is 0 Å². The number of hydrogen-bond donors (Lipinski definition) is 1. The van der Waals surface area contributed by atoms with Crippen LogP contribution in [-0.2, 0) is 11.3 Å². The zero-order chi connectivity index (χ0) is 13.7. The first-order chi connectivity index (χ1) is 9.15. The average molecular weight is 295 g/mol. The van der Waals surface area contributed by atoms with E-state index in [1.54, 1.807) is 6.20 Å². The summed E-state index contributed by atoms with van der Waals surface area (Å²) in [6.45, 7) is 4.24. The van der Waals surface area contributed by atoms with Crippen LogP contribution in [0.3, 0.4) is 0 Å². The smallest absolute Gasteiger partial charge is 0.230 e. The van der Waals surface area contributed by atoms with E-state index in [0.717, 1.165) is 16.3 Å². The molecule has 1 N–H and O–H groups in total. The summed E-state index contributed by atoms with van der Waals surface area (Å²) in [5.41, 5.74) is 1.75. The fourth-order valence-electron chi connectivity index (χ4n) is 1.27. The zero-order valence-electron chi connectivity index (χ0n) is 10.6. The van der Waals surface area contributed by atoms with E-state index >= 15 is 0 Å². The number of carbonyl (C=O) groups is 1.